The smallest absolute Gasteiger partial charge is 0.229 e. The SMILES string of the molecule is Cc1ncc2ccc(-c3cnc(NC(=O)C4CC5CN(C)CC5C4)s3)cc2n1. The van der Waals surface area contributed by atoms with Crippen LogP contribution in [0.25, 0.3) is 21.3 Å². The maximum atomic E-state index is 12.7. The van der Waals surface area contributed by atoms with Crippen molar-refractivity contribution >= 4 is 33.3 Å². The highest BCUT2D eigenvalue weighted by Gasteiger charge is 2.42. The zero-order valence-electron chi connectivity index (χ0n) is 16.1. The van der Waals surface area contributed by atoms with Crippen molar-refractivity contribution in [3.05, 3.63) is 36.4 Å². The topological polar surface area (TPSA) is 71.0 Å². The monoisotopic (exact) mass is 393 g/mol. The number of amides is 1. The van der Waals surface area contributed by atoms with Crippen molar-refractivity contribution in [1.82, 2.24) is 19.9 Å². The van der Waals surface area contributed by atoms with Crippen LogP contribution in [0.2, 0.25) is 0 Å². The molecule has 1 aromatic carbocycles. The number of nitrogens with zero attached hydrogens (tertiary/aromatic N) is 4. The van der Waals surface area contributed by atoms with E-state index in [0.717, 1.165) is 53.1 Å². The van der Waals surface area contributed by atoms with Crippen LogP contribution >= 0.6 is 11.3 Å². The summed E-state index contributed by atoms with van der Waals surface area (Å²) >= 11 is 1.51. The number of fused-ring (bicyclic) bond motifs is 2. The molecule has 28 heavy (non-hydrogen) atoms. The number of aromatic nitrogens is 3. The van der Waals surface area contributed by atoms with Crippen molar-refractivity contribution in [3.8, 4) is 10.4 Å². The molecule has 2 atom stereocenters. The third-order valence-electron chi connectivity index (χ3n) is 6.03. The first-order valence-electron chi connectivity index (χ1n) is 9.74. The van der Waals surface area contributed by atoms with Gasteiger partial charge in [0.2, 0.25) is 5.91 Å². The minimum atomic E-state index is 0.122. The first-order valence-corrected chi connectivity index (χ1v) is 10.6. The van der Waals surface area contributed by atoms with Crippen molar-refractivity contribution in [3.63, 3.8) is 0 Å². The van der Waals surface area contributed by atoms with Crippen LogP contribution in [-0.4, -0.2) is 45.9 Å². The summed E-state index contributed by atoms with van der Waals surface area (Å²) in [5, 5.41) is 4.74. The Kier molecular flexibility index (Phi) is 4.36. The summed E-state index contributed by atoms with van der Waals surface area (Å²) in [6, 6.07) is 6.13. The molecule has 6 nitrogen and oxygen atoms in total. The van der Waals surface area contributed by atoms with Crippen LogP contribution in [0, 0.1) is 24.7 Å². The van der Waals surface area contributed by atoms with Crippen LogP contribution in [-0.2, 0) is 4.79 Å². The van der Waals surface area contributed by atoms with Crippen LogP contribution in [0.4, 0.5) is 5.13 Å². The summed E-state index contributed by atoms with van der Waals surface area (Å²) in [5.74, 6) is 2.36. The lowest BCUT2D eigenvalue weighted by atomic mass is 10.0. The molecule has 1 amide bonds. The van der Waals surface area contributed by atoms with Gasteiger partial charge in [-0.2, -0.15) is 0 Å². The van der Waals surface area contributed by atoms with Gasteiger partial charge in [-0.05, 0) is 50.3 Å². The largest absolute Gasteiger partial charge is 0.306 e. The van der Waals surface area contributed by atoms with Crippen molar-refractivity contribution < 1.29 is 4.79 Å². The fraction of sp³-hybridized carbons (Fsp3) is 0.429. The molecule has 0 bridgehead atoms. The fourth-order valence-corrected chi connectivity index (χ4v) is 5.51. The molecule has 2 unspecified atom stereocenters. The summed E-state index contributed by atoms with van der Waals surface area (Å²) in [4.78, 5) is 29.3. The van der Waals surface area contributed by atoms with Gasteiger partial charge in [0.1, 0.15) is 5.82 Å². The van der Waals surface area contributed by atoms with Gasteiger partial charge < -0.3 is 10.2 Å². The number of thiazole rings is 1. The maximum Gasteiger partial charge on any atom is 0.229 e. The predicted molar refractivity (Wildman–Crippen MR) is 111 cm³/mol. The molecular weight excluding hydrogens is 370 g/mol. The van der Waals surface area contributed by atoms with Gasteiger partial charge in [0.25, 0.3) is 0 Å². The van der Waals surface area contributed by atoms with E-state index in [4.69, 9.17) is 0 Å². The average Bonchev–Trinajstić information content (AvgIpc) is 3.35. The van der Waals surface area contributed by atoms with Gasteiger partial charge in [0.15, 0.2) is 5.13 Å². The number of hydrogen-bond donors (Lipinski definition) is 1. The van der Waals surface area contributed by atoms with E-state index >= 15 is 0 Å². The molecule has 3 aromatic rings. The molecule has 0 radical (unpaired) electrons. The second kappa shape index (κ2) is 6.90. The number of rotatable bonds is 3. The Bertz CT molecular complexity index is 1030. The Balaban J connectivity index is 1.29. The van der Waals surface area contributed by atoms with E-state index in [9.17, 15) is 4.79 Å². The number of benzene rings is 1. The second-order valence-corrected chi connectivity index (χ2v) is 9.15. The van der Waals surface area contributed by atoms with Crippen molar-refractivity contribution in [2.45, 2.75) is 19.8 Å². The van der Waals surface area contributed by atoms with E-state index in [1.165, 1.54) is 11.3 Å². The van der Waals surface area contributed by atoms with E-state index in [1.807, 2.05) is 25.4 Å². The number of carbonyl (C=O) groups is 1. The summed E-state index contributed by atoms with van der Waals surface area (Å²) in [6.45, 7) is 4.14. The van der Waals surface area contributed by atoms with Gasteiger partial charge in [0, 0.05) is 36.8 Å². The van der Waals surface area contributed by atoms with Crippen LogP contribution in [0.15, 0.2) is 30.6 Å². The van der Waals surface area contributed by atoms with Gasteiger partial charge in [-0.3, -0.25) is 4.79 Å². The fourth-order valence-electron chi connectivity index (χ4n) is 4.69. The summed E-state index contributed by atoms with van der Waals surface area (Å²) in [5.41, 5.74) is 1.98. The van der Waals surface area contributed by atoms with Crippen LogP contribution < -0.4 is 5.32 Å². The number of hydrogen-bond acceptors (Lipinski definition) is 6. The molecule has 1 aliphatic heterocycles. The molecule has 2 aromatic heterocycles. The van der Waals surface area contributed by atoms with Gasteiger partial charge in [-0.1, -0.05) is 23.5 Å². The van der Waals surface area contributed by atoms with Gasteiger partial charge in [0.05, 0.1) is 10.4 Å². The Hall–Kier alpha value is -2.38. The minimum absolute atomic E-state index is 0.122. The first kappa shape index (κ1) is 17.7. The highest BCUT2D eigenvalue weighted by atomic mass is 32.1. The lowest BCUT2D eigenvalue weighted by molar-refractivity contribution is -0.119. The summed E-state index contributed by atoms with van der Waals surface area (Å²) in [7, 11) is 2.17. The van der Waals surface area contributed by atoms with Crippen molar-refractivity contribution in [1.29, 1.82) is 0 Å². The highest BCUT2D eigenvalue weighted by molar-refractivity contribution is 7.19. The molecule has 1 saturated carbocycles. The van der Waals surface area contributed by atoms with E-state index in [1.54, 1.807) is 0 Å². The molecule has 3 heterocycles. The van der Waals surface area contributed by atoms with Crippen LogP contribution in [0.1, 0.15) is 18.7 Å². The molecule has 144 valence electrons. The third-order valence-corrected chi connectivity index (χ3v) is 6.99. The standard InChI is InChI=1S/C21H23N5OS/c1-12-22-8-14-4-3-13(7-18(14)24-12)19-9-23-21(28-19)25-20(27)15-5-16-10-26(2)11-17(16)6-15/h3-4,7-9,15-17H,5-6,10-11H2,1-2H3,(H,23,25,27). The molecule has 1 aliphatic carbocycles. The lowest BCUT2D eigenvalue weighted by Gasteiger charge is -2.13. The maximum absolute atomic E-state index is 12.7. The van der Waals surface area contributed by atoms with Crippen LogP contribution in [0.3, 0.4) is 0 Å². The van der Waals surface area contributed by atoms with Gasteiger partial charge in [-0.25, -0.2) is 15.0 Å². The first-order chi connectivity index (χ1) is 13.5. The summed E-state index contributed by atoms with van der Waals surface area (Å²) in [6.07, 6.45) is 5.67. The molecule has 2 fully saturated rings. The van der Waals surface area contributed by atoms with E-state index in [2.05, 4.69) is 44.3 Å². The number of anilines is 1. The van der Waals surface area contributed by atoms with Crippen molar-refractivity contribution in [2.24, 2.45) is 17.8 Å². The number of aryl methyl sites for hydroxylation is 1. The highest BCUT2D eigenvalue weighted by Crippen LogP contribution is 2.41. The number of likely N-dealkylation sites (tertiary alicyclic amines) is 1. The molecule has 2 aliphatic rings. The molecule has 7 heteroatoms. The second-order valence-electron chi connectivity index (χ2n) is 8.12. The van der Waals surface area contributed by atoms with E-state index in [-0.39, 0.29) is 11.8 Å². The zero-order valence-corrected chi connectivity index (χ0v) is 16.9. The van der Waals surface area contributed by atoms with E-state index < -0.39 is 0 Å². The quantitative estimate of drug-likeness (QED) is 0.736. The third kappa shape index (κ3) is 3.29. The number of nitrogens with one attached hydrogen (secondary N) is 1. The summed E-state index contributed by atoms with van der Waals surface area (Å²) < 4.78 is 0. The molecule has 1 N–H and O–H groups in total. The Morgan fingerprint density at radius 3 is 2.75 bits per heavy atom. The van der Waals surface area contributed by atoms with E-state index in [0.29, 0.717) is 17.0 Å². The zero-order chi connectivity index (χ0) is 19.3. The molecular formula is C21H23N5OS. The Morgan fingerprint density at radius 2 is 1.96 bits per heavy atom. The predicted octanol–water partition coefficient (Wildman–Crippen LogP) is 3.59. The minimum Gasteiger partial charge on any atom is -0.306 e. The molecule has 1 saturated heterocycles. The average molecular weight is 394 g/mol. The lowest BCUT2D eigenvalue weighted by Crippen LogP contribution is -2.23. The number of carbonyl (C=O) groups excluding carboxylic acids is 1. The normalized spacial score (nSPS) is 24.6. The Morgan fingerprint density at radius 1 is 1.18 bits per heavy atom. The van der Waals surface area contributed by atoms with Gasteiger partial charge in [-0.15, -0.1) is 0 Å². The molecule has 5 rings (SSSR count). The molecule has 0 spiro atoms. The van der Waals surface area contributed by atoms with Gasteiger partial charge >= 0.3 is 0 Å². The Labute approximate surface area is 168 Å². The van der Waals surface area contributed by atoms with Crippen molar-refractivity contribution in [2.75, 3.05) is 25.5 Å². The van der Waals surface area contributed by atoms with Crippen LogP contribution in [0.5, 0.6) is 0 Å².